The molecule has 0 saturated carbocycles. The molecule has 1 aliphatic rings. The molecule has 0 aliphatic carbocycles. The van der Waals surface area contributed by atoms with Crippen molar-refractivity contribution in [3.8, 4) is 11.4 Å². The van der Waals surface area contributed by atoms with Crippen LogP contribution in [-0.4, -0.2) is 37.6 Å². The van der Waals surface area contributed by atoms with E-state index in [-0.39, 0.29) is 17.6 Å². The van der Waals surface area contributed by atoms with Crippen LogP contribution in [0.5, 0.6) is 0 Å². The van der Waals surface area contributed by atoms with E-state index >= 15 is 0 Å². The number of amides is 2. The van der Waals surface area contributed by atoms with E-state index in [0.29, 0.717) is 10.7 Å². The molecule has 0 bridgehead atoms. The molecule has 1 atom stereocenters. The van der Waals surface area contributed by atoms with Gasteiger partial charge in [0.25, 0.3) is 0 Å². The van der Waals surface area contributed by atoms with Gasteiger partial charge in [-0.15, -0.1) is 22.0 Å². The lowest BCUT2D eigenvalue weighted by molar-refractivity contribution is -0.115. The summed E-state index contributed by atoms with van der Waals surface area (Å²) in [6, 6.07) is 13.0. The Hall–Kier alpha value is -2.84. The minimum absolute atomic E-state index is 0.144. The maximum Gasteiger partial charge on any atom is 0.237 e. The number of halogens is 1. The average molecular weight is 498 g/mol. The number of fused-ring (bicyclic) bond motifs is 1. The van der Waals surface area contributed by atoms with Gasteiger partial charge in [0.2, 0.25) is 11.8 Å². The lowest BCUT2D eigenvalue weighted by Crippen LogP contribution is -2.25. The van der Waals surface area contributed by atoms with Crippen LogP contribution in [0, 0.1) is 6.92 Å². The average Bonchev–Trinajstić information content (AvgIpc) is 3.07. The molecule has 0 saturated heterocycles. The summed E-state index contributed by atoms with van der Waals surface area (Å²) >= 11 is 7.77. The highest BCUT2D eigenvalue weighted by atomic mass is 35.5. The van der Waals surface area contributed by atoms with Gasteiger partial charge < -0.3 is 15.2 Å². The Morgan fingerprint density at radius 2 is 1.82 bits per heavy atom. The summed E-state index contributed by atoms with van der Waals surface area (Å²) in [6.07, 6.45) is 4.28. The minimum atomic E-state index is -0.410. The topological polar surface area (TPSA) is 88.9 Å². The third kappa shape index (κ3) is 5.98. The fraction of sp³-hybridized carbons (Fsp3) is 0.360. The smallest absolute Gasteiger partial charge is 0.237 e. The van der Waals surface area contributed by atoms with Gasteiger partial charge in [0.05, 0.1) is 16.0 Å². The second-order valence-electron chi connectivity index (χ2n) is 8.45. The molecule has 1 aliphatic heterocycles. The fourth-order valence-corrected chi connectivity index (χ4v) is 4.70. The molecule has 2 aromatic carbocycles. The quantitative estimate of drug-likeness (QED) is 0.460. The Morgan fingerprint density at radius 3 is 2.62 bits per heavy atom. The van der Waals surface area contributed by atoms with Crippen LogP contribution >= 0.6 is 23.4 Å². The standard InChI is InChI=1S/C25H28ClN5O2S/c1-16-7-9-18(10-8-16)27-23(32)15-34-17(2)25(33)28-19-11-12-21(26)20(14-19)24-30-29-22-6-4-3-5-13-31(22)24/h7-12,14,17H,3-6,13,15H2,1-2H3,(H,27,32)(H,28,33). The van der Waals surface area contributed by atoms with E-state index in [4.69, 9.17) is 11.6 Å². The summed E-state index contributed by atoms with van der Waals surface area (Å²) in [5, 5.41) is 14.7. The van der Waals surface area contributed by atoms with E-state index in [1.807, 2.05) is 37.3 Å². The summed E-state index contributed by atoms with van der Waals surface area (Å²) in [6.45, 7) is 4.64. The van der Waals surface area contributed by atoms with Crippen molar-refractivity contribution in [2.24, 2.45) is 0 Å². The molecule has 2 heterocycles. The zero-order chi connectivity index (χ0) is 24.1. The zero-order valence-corrected chi connectivity index (χ0v) is 20.9. The highest BCUT2D eigenvalue weighted by Gasteiger charge is 2.20. The molecule has 9 heteroatoms. The monoisotopic (exact) mass is 497 g/mol. The lowest BCUT2D eigenvalue weighted by Gasteiger charge is -2.14. The number of hydrogen-bond acceptors (Lipinski definition) is 5. The van der Waals surface area contributed by atoms with Crippen molar-refractivity contribution in [3.63, 3.8) is 0 Å². The van der Waals surface area contributed by atoms with Crippen molar-refractivity contribution in [2.75, 3.05) is 16.4 Å². The van der Waals surface area contributed by atoms with Gasteiger partial charge in [0.15, 0.2) is 5.82 Å². The van der Waals surface area contributed by atoms with Crippen LogP contribution in [0.25, 0.3) is 11.4 Å². The Morgan fingerprint density at radius 1 is 1.06 bits per heavy atom. The maximum atomic E-state index is 12.8. The van der Waals surface area contributed by atoms with Gasteiger partial charge >= 0.3 is 0 Å². The van der Waals surface area contributed by atoms with Crippen LogP contribution < -0.4 is 10.6 Å². The summed E-state index contributed by atoms with van der Waals surface area (Å²) in [4.78, 5) is 25.0. The summed E-state index contributed by atoms with van der Waals surface area (Å²) in [5.74, 6) is 1.57. The van der Waals surface area contributed by atoms with E-state index < -0.39 is 5.25 Å². The van der Waals surface area contributed by atoms with Gasteiger partial charge in [-0.1, -0.05) is 35.7 Å². The maximum absolute atomic E-state index is 12.8. The predicted octanol–water partition coefficient (Wildman–Crippen LogP) is 5.33. The van der Waals surface area contributed by atoms with Crippen LogP contribution in [0.15, 0.2) is 42.5 Å². The van der Waals surface area contributed by atoms with Crippen LogP contribution in [0.3, 0.4) is 0 Å². The molecule has 7 nitrogen and oxygen atoms in total. The van der Waals surface area contributed by atoms with Crippen LogP contribution in [-0.2, 0) is 22.6 Å². The van der Waals surface area contributed by atoms with Crippen molar-refractivity contribution in [1.29, 1.82) is 0 Å². The number of carbonyl (C=O) groups is 2. The predicted molar refractivity (Wildman–Crippen MR) is 138 cm³/mol. The zero-order valence-electron chi connectivity index (χ0n) is 19.3. The molecule has 3 aromatic rings. The Balaban J connectivity index is 1.37. The van der Waals surface area contributed by atoms with E-state index in [9.17, 15) is 9.59 Å². The van der Waals surface area contributed by atoms with E-state index in [1.54, 1.807) is 19.1 Å². The molecule has 0 spiro atoms. The number of aromatic nitrogens is 3. The largest absolute Gasteiger partial charge is 0.325 e. The van der Waals surface area contributed by atoms with Crippen LogP contribution in [0.1, 0.15) is 37.6 Å². The molecule has 0 radical (unpaired) electrons. The molecule has 2 N–H and O–H groups in total. The van der Waals surface area contributed by atoms with Crippen molar-refractivity contribution in [3.05, 3.63) is 58.9 Å². The number of benzene rings is 2. The first-order valence-corrected chi connectivity index (χ1v) is 12.8. The van der Waals surface area contributed by atoms with Crippen molar-refractivity contribution < 1.29 is 9.59 Å². The van der Waals surface area contributed by atoms with Crippen molar-refractivity contribution >= 4 is 46.6 Å². The molecule has 1 aromatic heterocycles. The van der Waals surface area contributed by atoms with Gasteiger partial charge in [-0.05, 0) is 57.0 Å². The summed E-state index contributed by atoms with van der Waals surface area (Å²) < 4.78 is 2.13. The number of anilines is 2. The number of hydrogen-bond donors (Lipinski definition) is 2. The third-order valence-electron chi connectivity index (χ3n) is 5.75. The first kappa shape index (κ1) is 24.3. The molecular weight excluding hydrogens is 470 g/mol. The second kappa shape index (κ2) is 11.1. The molecular formula is C25H28ClN5O2S. The molecule has 4 rings (SSSR count). The number of aryl methyl sites for hydroxylation is 2. The van der Waals surface area contributed by atoms with Crippen LogP contribution in [0.2, 0.25) is 5.02 Å². The molecule has 34 heavy (non-hydrogen) atoms. The number of carbonyl (C=O) groups excluding carboxylic acids is 2. The number of nitrogens with one attached hydrogen (secondary N) is 2. The Labute approximate surface area is 208 Å². The summed E-state index contributed by atoms with van der Waals surface area (Å²) in [7, 11) is 0. The van der Waals surface area contributed by atoms with Gasteiger partial charge in [0, 0.05) is 29.9 Å². The molecule has 1 unspecified atom stereocenters. The normalized spacial score (nSPS) is 14.1. The highest BCUT2D eigenvalue weighted by molar-refractivity contribution is 8.01. The van der Waals surface area contributed by atoms with Gasteiger partial charge in [-0.3, -0.25) is 9.59 Å². The van der Waals surface area contributed by atoms with Gasteiger partial charge in [-0.25, -0.2) is 0 Å². The Bertz CT molecular complexity index is 1180. The number of thioether (sulfide) groups is 1. The van der Waals surface area contributed by atoms with Gasteiger partial charge in [0.1, 0.15) is 5.82 Å². The first-order valence-electron chi connectivity index (χ1n) is 11.4. The molecule has 0 fully saturated rings. The molecule has 178 valence electrons. The van der Waals surface area contributed by atoms with Gasteiger partial charge in [-0.2, -0.15) is 0 Å². The highest BCUT2D eigenvalue weighted by Crippen LogP contribution is 2.31. The van der Waals surface area contributed by atoms with E-state index in [2.05, 4.69) is 25.4 Å². The van der Waals surface area contributed by atoms with Crippen molar-refractivity contribution in [2.45, 2.75) is 51.3 Å². The van der Waals surface area contributed by atoms with Crippen molar-refractivity contribution in [1.82, 2.24) is 14.8 Å². The minimum Gasteiger partial charge on any atom is -0.325 e. The molecule has 2 amide bonds. The van der Waals surface area contributed by atoms with E-state index in [1.165, 1.54) is 18.2 Å². The number of nitrogens with zero attached hydrogens (tertiary/aromatic N) is 3. The fourth-order valence-electron chi connectivity index (χ4n) is 3.81. The third-order valence-corrected chi connectivity index (χ3v) is 7.23. The Kier molecular flexibility index (Phi) is 7.90. The van der Waals surface area contributed by atoms with E-state index in [0.717, 1.165) is 54.3 Å². The van der Waals surface area contributed by atoms with Crippen LogP contribution in [0.4, 0.5) is 11.4 Å². The SMILES string of the molecule is Cc1ccc(NC(=O)CSC(C)C(=O)Nc2ccc(Cl)c(-c3nnc4n3CCCCC4)c2)cc1. The lowest BCUT2D eigenvalue weighted by atomic mass is 10.1. The summed E-state index contributed by atoms with van der Waals surface area (Å²) in [5.41, 5.74) is 3.25. The first-order chi connectivity index (χ1) is 16.4. The number of rotatable bonds is 7. The second-order valence-corrected chi connectivity index (χ2v) is 10.2.